The number of rotatable bonds is 5. The standard InChI is InChI=1S/C14H18N2O2S2/c1-10(9-20(3,17)18)8-19-14-11(2)15-12-6-4-5-7-13(12)16-14/h4-7,10H,8-9H2,1-3H3/t10-/m0/s1. The highest BCUT2D eigenvalue weighted by atomic mass is 32.2. The summed E-state index contributed by atoms with van der Waals surface area (Å²) >= 11 is 1.57. The van der Waals surface area contributed by atoms with E-state index < -0.39 is 9.84 Å². The van der Waals surface area contributed by atoms with Gasteiger partial charge in [-0.2, -0.15) is 0 Å². The molecule has 0 aliphatic rings. The Hall–Kier alpha value is -1.14. The molecule has 0 fully saturated rings. The summed E-state index contributed by atoms with van der Waals surface area (Å²) in [6.45, 7) is 3.88. The molecule has 0 bridgehead atoms. The fraction of sp³-hybridized carbons (Fsp3) is 0.429. The first-order valence-corrected chi connectivity index (χ1v) is 9.43. The van der Waals surface area contributed by atoms with Gasteiger partial charge in [0.15, 0.2) is 0 Å². The molecule has 1 aromatic carbocycles. The van der Waals surface area contributed by atoms with E-state index in [-0.39, 0.29) is 11.7 Å². The number of para-hydroxylation sites is 2. The number of thioether (sulfide) groups is 1. The number of fused-ring (bicyclic) bond motifs is 1. The van der Waals surface area contributed by atoms with Crippen LogP contribution < -0.4 is 0 Å². The van der Waals surface area contributed by atoms with Crippen molar-refractivity contribution in [2.24, 2.45) is 5.92 Å². The van der Waals surface area contributed by atoms with Crippen molar-refractivity contribution in [1.29, 1.82) is 0 Å². The molecule has 0 saturated heterocycles. The van der Waals surface area contributed by atoms with Crippen LogP contribution in [0.1, 0.15) is 12.6 Å². The minimum atomic E-state index is -2.92. The van der Waals surface area contributed by atoms with E-state index in [4.69, 9.17) is 0 Å². The zero-order valence-corrected chi connectivity index (χ0v) is 13.5. The van der Waals surface area contributed by atoms with Crippen LogP contribution in [0.15, 0.2) is 29.3 Å². The fourth-order valence-electron chi connectivity index (χ4n) is 1.99. The second-order valence-electron chi connectivity index (χ2n) is 5.11. The average Bonchev–Trinajstić information content (AvgIpc) is 2.34. The third kappa shape index (κ3) is 4.18. The molecule has 0 spiro atoms. The van der Waals surface area contributed by atoms with Gasteiger partial charge in [0, 0.05) is 12.0 Å². The second-order valence-corrected chi connectivity index (χ2v) is 8.31. The first-order valence-electron chi connectivity index (χ1n) is 6.39. The Bertz CT molecular complexity index is 714. The van der Waals surface area contributed by atoms with Crippen LogP contribution in [0, 0.1) is 12.8 Å². The van der Waals surface area contributed by atoms with E-state index in [0.29, 0.717) is 0 Å². The summed E-state index contributed by atoms with van der Waals surface area (Å²) in [5, 5.41) is 0.879. The van der Waals surface area contributed by atoms with Crippen molar-refractivity contribution in [1.82, 2.24) is 9.97 Å². The van der Waals surface area contributed by atoms with Gasteiger partial charge >= 0.3 is 0 Å². The fourth-order valence-corrected chi connectivity index (χ4v) is 4.27. The van der Waals surface area contributed by atoms with Gasteiger partial charge in [-0.05, 0) is 25.0 Å². The van der Waals surface area contributed by atoms with Crippen LogP contribution in [0.5, 0.6) is 0 Å². The van der Waals surface area contributed by atoms with E-state index in [2.05, 4.69) is 9.97 Å². The van der Waals surface area contributed by atoms with Gasteiger partial charge in [0.25, 0.3) is 0 Å². The van der Waals surface area contributed by atoms with Gasteiger partial charge in [0.2, 0.25) is 0 Å². The Balaban J connectivity index is 2.12. The SMILES string of the molecule is Cc1nc2ccccc2nc1SC[C@H](C)CS(C)(=O)=O. The van der Waals surface area contributed by atoms with Crippen LogP contribution in [0.2, 0.25) is 0 Å². The van der Waals surface area contributed by atoms with Crippen LogP contribution in [-0.2, 0) is 9.84 Å². The Morgan fingerprint density at radius 2 is 1.80 bits per heavy atom. The van der Waals surface area contributed by atoms with Crippen LogP contribution >= 0.6 is 11.8 Å². The third-order valence-electron chi connectivity index (χ3n) is 2.79. The molecule has 1 atom stereocenters. The zero-order chi connectivity index (χ0) is 14.8. The van der Waals surface area contributed by atoms with Gasteiger partial charge in [-0.3, -0.25) is 0 Å². The van der Waals surface area contributed by atoms with Crippen LogP contribution in [0.25, 0.3) is 11.0 Å². The quantitative estimate of drug-likeness (QED) is 0.795. The van der Waals surface area contributed by atoms with Crippen molar-refractivity contribution in [2.45, 2.75) is 18.9 Å². The number of nitrogens with zero attached hydrogens (tertiary/aromatic N) is 2. The molecule has 4 nitrogen and oxygen atoms in total. The summed E-state index contributed by atoms with van der Waals surface area (Å²) in [7, 11) is -2.92. The minimum absolute atomic E-state index is 0.0997. The van der Waals surface area contributed by atoms with Gasteiger partial charge in [0.1, 0.15) is 14.9 Å². The van der Waals surface area contributed by atoms with E-state index in [0.717, 1.165) is 27.5 Å². The molecule has 2 rings (SSSR count). The number of sulfone groups is 1. The molecule has 2 aromatic rings. The number of benzene rings is 1. The smallest absolute Gasteiger partial charge is 0.147 e. The molecule has 1 aromatic heterocycles. The maximum atomic E-state index is 11.3. The van der Waals surface area contributed by atoms with Crippen molar-refractivity contribution in [3.8, 4) is 0 Å². The molecule has 0 aliphatic heterocycles. The lowest BCUT2D eigenvalue weighted by Crippen LogP contribution is -2.14. The van der Waals surface area contributed by atoms with Crippen LogP contribution in [0.4, 0.5) is 0 Å². The predicted molar refractivity (Wildman–Crippen MR) is 83.9 cm³/mol. The lowest BCUT2D eigenvalue weighted by molar-refractivity contribution is 0.589. The maximum Gasteiger partial charge on any atom is 0.147 e. The van der Waals surface area contributed by atoms with Crippen molar-refractivity contribution in [2.75, 3.05) is 17.8 Å². The summed E-state index contributed by atoms with van der Waals surface area (Å²) in [6, 6.07) is 7.76. The van der Waals surface area contributed by atoms with Crippen LogP contribution in [0.3, 0.4) is 0 Å². The van der Waals surface area contributed by atoms with Crippen molar-refractivity contribution >= 4 is 32.6 Å². The molecule has 0 saturated carbocycles. The summed E-state index contributed by atoms with van der Waals surface area (Å²) in [4.78, 5) is 9.12. The highest BCUT2D eigenvalue weighted by Crippen LogP contribution is 2.24. The molecular formula is C14H18N2O2S2. The largest absolute Gasteiger partial charge is 0.249 e. The Labute approximate surface area is 123 Å². The summed E-state index contributed by atoms with van der Waals surface area (Å²) in [5.41, 5.74) is 2.65. The molecule has 0 aliphatic carbocycles. The van der Waals surface area contributed by atoms with Crippen molar-refractivity contribution in [3.63, 3.8) is 0 Å². The number of hydrogen-bond donors (Lipinski definition) is 0. The highest BCUT2D eigenvalue weighted by Gasteiger charge is 2.13. The van der Waals surface area contributed by atoms with E-state index in [1.165, 1.54) is 6.26 Å². The monoisotopic (exact) mass is 310 g/mol. The number of aromatic nitrogens is 2. The first kappa shape index (κ1) is 15.3. The van der Waals surface area contributed by atoms with Crippen molar-refractivity contribution < 1.29 is 8.42 Å². The van der Waals surface area contributed by atoms with Crippen molar-refractivity contribution in [3.05, 3.63) is 30.0 Å². The molecule has 108 valence electrons. The molecule has 1 heterocycles. The van der Waals surface area contributed by atoms with E-state index in [1.54, 1.807) is 11.8 Å². The minimum Gasteiger partial charge on any atom is -0.249 e. The first-order chi connectivity index (χ1) is 9.35. The maximum absolute atomic E-state index is 11.3. The average molecular weight is 310 g/mol. The van der Waals surface area contributed by atoms with Gasteiger partial charge in [-0.15, -0.1) is 11.8 Å². The third-order valence-corrected chi connectivity index (χ3v) is 5.36. The number of aryl methyl sites for hydroxylation is 1. The van der Waals surface area contributed by atoms with E-state index in [9.17, 15) is 8.42 Å². The predicted octanol–water partition coefficient (Wildman–Crippen LogP) is 2.71. The van der Waals surface area contributed by atoms with Gasteiger partial charge < -0.3 is 0 Å². The lowest BCUT2D eigenvalue weighted by Gasteiger charge is -2.10. The molecule has 0 N–H and O–H groups in total. The normalized spacial score (nSPS) is 13.6. The lowest BCUT2D eigenvalue weighted by atomic mass is 10.3. The van der Waals surface area contributed by atoms with Gasteiger partial charge in [0.05, 0.1) is 22.5 Å². The number of hydrogen-bond acceptors (Lipinski definition) is 5. The van der Waals surface area contributed by atoms with Gasteiger partial charge in [-0.25, -0.2) is 18.4 Å². The Kier molecular flexibility index (Phi) is 4.65. The molecular weight excluding hydrogens is 292 g/mol. The Morgan fingerprint density at radius 3 is 2.40 bits per heavy atom. The van der Waals surface area contributed by atoms with Gasteiger partial charge in [-0.1, -0.05) is 19.1 Å². The molecule has 0 radical (unpaired) electrons. The molecule has 6 heteroatoms. The van der Waals surface area contributed by atoms with Crippen LogP contribution in [-0.4, -0.2) is 36.1 Å². The zero-order valence-electron chi connectivity index (χ0n) is 11.8. The molecule has 0 amide bonds. The topological polar surface area (TPSA) is 59.9 Å². The van der Waals surface area contributed by atoms with E-state index in [1.807, 2.05) is 38.1 Å². The summed E-state index contributed by atoms with van der Waals surface area (Å²) in [6.07, 6.45) is 1.27. The second kappa shape index (κ2) is 6.10. The highest BCUT2D eigenvalue weighted by molar-refractivity contribution is 7.99. The molecule has 20 heavy (non-hydrogen) atoms. The summed E-state index contributed by atoms with van der Waals surface area (Å²) in [5.74, 6) is 1.03. The Morgan fingerprint density at radius 1 is 1.20 bits per heavy atom. The summed E-state index contributed by atoms with van der Waals surface area (Å²) < 4.78 is 22.5. The van der Waals surface area contributed by atoms with E-state index >= 15 is 0 Å². The molecule has 0 unspecified atom stereocenters.